The zero-order valence-corrected chi connectivity index (χ0v) is 23.0. The number of rotatable bonds is 8. The Hall–Kier alpha value is -5.09. The van der Waals surface area contributed by atoms with Crippen molar-refractivity contribution in [3.05, 3.63) is 180 Å². The molecule has 1 aliphatic heterocycles. The van der Waals surface area contributed by atoms with E-state index in [0.29, 0.717) is 12.2 Å². The van der Waals surface area contributed by atoms with Gasteiger partial charge in [-0.25, -0.2) is 4.79 Å². The molecule has 5 aromatic rings. The van der Waals surface area contributed by atoms with Crippen LogP contribution in [0.2, 0.25) is 0 Å². The number of hydrogen-bond donors (Lipinski definition) is 1. The fourth-order valence-electron chi connectivity index (χ4n) is 6.18. The molecule has 0 saturated carbocycles. The predicted octanol–water partition coefficient (Wildman–Crippen LogP) is 7.55. The number of esters is 1. The highest BCUT2D eigenvalue weighted by molar-refractivity contribution is 5.97. The molecule has 1 heterocycles. The molecule has 0 aromatic heterocycles. The number of methoxy groups -OCH3 is 1. The standard InChI is InChI=1S/C37H32N2O2/c1-41-36(40)33-23-22-29(26-34(33)28-14-6-2-7-15-28)35(39-25-24-38-27-39)37(30-16-8-3-9-17-30,31-18-10-4-11-19-31)32-20-12-5-13-21-32/h2-26,35,38H,27H2,1H3. The molecule has 202 valence electrons. The van der Waals surface area contributed by atoms with E-state index >= 15 is 0 Å². The summed E-state index contributed by atoms with van der Waals surface area (Å²) in [5, 5.41) is 3.41. The molecule has 0 amide bonds. The highest BCUT2D eigenvalue weighted by atomic mass is 16.5. The molecule has 1 aliphatic rings. The first kappa shape index (κ1) is 26.1. The van der Waals surface area contributed by atoms with E-state index in [1.54, 1.807) is 0 Å². The molecular weight excluding hydrogens is 504 g/mol. The lowest BCUT2D eigenvalue weighted by molar-refractivity contribution is 0.0601. The van der Waals surface area contributed by atoms with E-state index in [-0.39, 0.29) is 12.0 Å². The Morgan fingerprint density at radius 1 is 0.732 bits per heavy atom. The van der Waals surface area contributed by atoms with E-state index in [0.717, 1.165) is 16.7 Å². The monoisotopic (exact) mass is 536 g/mol. The zero-order chi connectivity index (χ0) is 28.1. The minimum atomic E-state index is -0.596. The minimum Gasteiger partial charge on any atom is -0.465 e. The molecule has 0 saturated heterocycles. The Balaban J connectivity index is 1.70. The lowest BCUT2D eigenvalue weighted by Crippen LogP contribution is -2.44. The van der Waals surface area contributed by atoms with Crippen LogP contribution in [-0.2, 0) is 10.2 Å². The van der Waals surface area contributed by atoms with Crippen molar-refractivity contribution in [2.45, 2.75) is 11.5 Å². The van der Waals surface area contributed by atoms with Crippen molar-refractivity contribution in [1.29, 1.82) is 0 Å². The van der Waals surface area contributed by atoms with Gasteiger partial charge in [0.25, 0.3) is 0 Å². The van der Waals surface area contributed by atoms with Gasteiger partial charge in [-0.05, 0) is 45.5 Å². The van der Waals surface area contributed by atoms with E-state index < -0.39 is 5.41 Å². The van der Waals surface area contributed by atoms with Gasteiger partial charge in [0, 0.05) is 12.4 Å². The number of nitrogens with one attached hydrogen (secondary N) is 1. The van der Waals surface area contributed by atoms with Crippen LogP contribution in [0.3, 0.4) is 0 Å². The summed E-state index contributed by atoms with van der Waals surface area (Å²) in [5.74, 6) is -0.352. The third kappa shape index (κ3) is 4.78. The molecule has 1 N–H and O–H groups in total. The molecule has 6 rings (SSSR count). The fraction of sp³-hybridized carbons (Fsp3) is 0.108. The van der Waals surface area contributed by atoms with Crippen LogP contribution in [0.1, 0.15) is 38.7 Å². The lowest BCUT2D eigenvalue weighted by Gasteiger charge is -2.47. The number of ether oxygens (including phenoxy) is 1. The van der Waals surface area contributed by atoms with Gasteiger partial charge < -0.3 is 15.0 Å². The largest absolute Gasteiger partial charge is 0.465 e. The van der Waals surface area contributed by atoms with Crippen molar-refractivity contribution >= 4 is 5.97 Å². The highest BCUT2D eigenvalue weighted by Gasteiger charge is 2.47. The van der Waals surface area contributed by atoms with Gasteiger partial charge in [-0.2, -0.15) is 0 Å². The first-order chi connectivity index (χ1) is 20.2. The molecule has 0 spiro atoms. The summed E-state index contributed by atoms with van der Waals surface area (Å²) in [6.45, 7) is 0.651. The van der Waals surface area contributed by atoms with E-state index in [4.69, 9.17) is 4.74 Å². The first-order valence-corrected chi connectivity index (χ1v) is 13.8. The maximum atomic E-state index is 13.0. The highest BCUT2D eigenvalue weighted by Crippen LogP contribution is 2.52. The number of hydrogen-bond acceptors (Lipinski definition) is 4. The molecule has 4 heteroatoms. The van der Waals surface area contributed by atoms with Crippen molar-refractivity contribution in [2.24, 2.45) is 0 Å². The van der Waals surface area contributed by atoms with Gasteiger partial charge in [-0.3, -0.25) is 0 Å². The molecule has 0 aliphatic carbocycles. The van der Waals surface area contributed by atoms with Crippen molar-refractivity contribution in [3.63, 3.8) is 0 Å². The molecule has 41 heavy (non-hydrogen) atoms. The van der Waals surface area contributed by atoms with Crippen LogP contribution < -0.4 is 5.32 Å². The third-order valence-corrected chi connectivity index (χ3v) is 7.94. The summed E-state index contributed by atoms with van der Waals surface area (Å²) in [7, 11) is 1.43. The molecule has 0 radical (unpaired) electrons. The molecule has 5 aromatic carbocycles. The second-order valence-corrected chi connectivity index (χ2v) is 10.2. The molecule has 0 fully saturated rings. The van der Waals surface area contributed by atoms with Gasteiger partial charge in [0.2, 0.25) is 0 Å². The Morgan fingerprint density at radius 3 is 1.71 bits per heavy atom. The van der Waals surface area contributed by atoms with Gasteiger partial charge in [-0.1, -0.05) is 127 Å². The number of benzene rings is 5. The predicted molar refractivity (Wildman–Crippen MR) is 164 cm³/mol. The topological polar surface area (TPSA) is 41.6 Å². The minimum absolute atomic E-state index is 0.171. The first-order valence-electron chi connectivity index (χ1n) is 13.8. The van der Waals surface area contributed by atoms with Crippen LogP contribution in [-0.4, -0.2) is 24.6 Å². The summed E-state index contributed by atoms with van der Waals surface area (Å²) in [6, 6.07) is 48.3. The van der Waals surface area contributed by atoms with Crippen LogP contribution in [0.4, 0.5) is 0 Å². The quantitative estimate of drug-likeness (QED) is 0.164. The summed E-state index contributed by atoms with van der Waals surface area (Å²) >= 11 is 0. The van der Waals surface area contributed by atoms with E-state index in [2.05, 4.69) is 120 Å². The van der Waals surface area contributed by atoms with Crippen LogP contribution in [0.5, 0.6) is 0 Å². The second kappa shape index (κ2) is 11.6. The second-order valence-electron chi connectivity index (χ2n) is 10.2. The smallest absolute Gasteiger partial charge is 0.338 e. The molecular formula is C37H32N2O2. The summed E-state index contributed by atoms with van der Waals surface area (Å²) in [5.41, 5.74) is 6.39. The van der Waals surface area contributed by atoms with Gasteiger partial charge >= 0.3 is 5.97 Å². The number of carbonyl (C=O) groups excluding carboxylic acids is 1. The van der Waals surface area contributed by atoms with Crippen molar-refractivity contribution < 1.29 is 9.53 Å². The Bertz CT molecular complexity index is 1540. The van der Waals surface area contributed by atoms with Crippen molar-refractivity contribution in [1.82, 2.24) is 10.2 Å². The van der Waals surface area contributed by atoms with Crippen LogP contribution >= 0.6 is 0 Å². The van der Waals surface area contributed by atoms with E-state index in [9.17, 15) is 4.79 Å². The van der Waals surface area contributed by atoms with Gasteiger partial charge in [-0.15, -0.1) is 0 Å². The lowest BCUT2D eigenvalue weighted by atomic mass is 9.62. The fourth-order valence-corrected chi connectivity index (χ4v) is 6.18. The van der Waals surface area contributed by atoms with Crippen LogP contribution in [0, 0.1) is 0 Å². The molecule has 1 atom stereocenters. The zero-order valence-electron chi connectivity index (χ0n) is 23.0. The Kier molecular flexibility index (Phi) is 7.38. The average molecular weight is 537 g/mol. The summed E-state index contributed by atoms with van der Waals surface area (Å²) in [6.07, 6.45) is 4.13. The maximum Gasteiger partial charge on any atom is 0.338 e. The third-order valence-electron chi connectivity index (χ3n) is 7.94. The van der Waals surface area contributed by atoms with Crippen LogP contribution in [0.25, 0.3) is 11.1 Å². The molecule has 4 nitrogen and oxygen atoms in total. The summed E-state index contributed by atoms with van der Waals surface area (Å²) < 4.78 is 5.20. The summed E-state index contributed by atoms with van der Waals surface area (Å²) in [4.78, 5) is 15.3. The van der Waals surface area contributed by atoms with E-state index in [1.165, 1.54) is 23.8 Å². The van der Waals surface area contributed by atoms with E-state index in [1.807, 2.05) is 42.6 Å². The Labute approximate surface area is 241 Å². The maximum absolute atomic E-state index is 13.0. The van der Waals surface area contributed by atoms with Crippen molar-refractivity contribution in [3.8, 4) is 11.1 Å². The molecule has 0 bridgehead atoms. The van der Waals surface area contributed by atoms with Crippen molar-refractivity contribution in [2.75, 3.05) is 13.8 Å². The Morgan fingerprint density at radius 2 is 1.24 bits per heavy atom. The van der Waals surface area contributed by atoms with Crippen LogP contribution in [0.15, 0.2) is 152 Å². The number of nitrogens with zero attached hydrogens (tertiary/aromatic N) is 1. The molecule has 1 unspecified atom stereocenters. The van der Waals surface area contributed by atoms with Gasteiger partial charge in [0.1, 0.15) is 0 Å². The number of carbonyl (C=O) groups is 1. The SMILES string of the molecule is COC(=O)c1ccc(C(N2C=CNC2)C(c2ccccc2)(c2ccccc2)c2ccccc2)cc1-c1ccccc1. The normalized spacial score (nSPS) is 13.4. The van der Waals surface area contributed by atoms with Gasteiger partial charge in [0.15, 0.2) is 0 Å². The average Bonchev–Trinajstić information content (AvgIpc) is 3.59. The van der Waals surface area contributed by atoms with Gasteiger partial charge in [0.05, 0.1) is 30.8 Å².